The van der Waals surface area contributed by atoms with E-state index in [1.54, 1.807) is 0 Å². The first-order chi connectivity index (χ1) is 29.2. The van der Waals surface area contributed by atoms with Gasteiger partial charge < -0.3 is 4.90 Å². The number of hydrogen-bond acceptors (Lipinski definition) is 3. The third-order valence-electron chi connectivity index (χ3n) is 11.9. The van der Waals surface area contributed by atoms with Crippen molar-refractivity contribution in [3.63, 3.8) is 0 Å². The molecule has 0 atom stereocenters. The summed E-state index contributed by atoms with van der Waals surface area (Å²) in [5.74, 6) is 0. The topological polar surface area (TPSA) is 3.24 Å². The molecule has 2 aromatic heterocycles. The largest absolute Gasteiger partial charge is 0.309 e. The van der Waals surface area contributed by atoms with Crippen LogP contribution >= 0.6 is 22.7 Å². The Labute approximate surface area is 350 Å². The highest BCUT2D eigenvalue weighted by Crippen LogP contribution is 2.51. The summed E-state index contributed by atoms with van der Waals surface area (Å²) in [4.78, 5) is 2.52. The van der Waals surface area contributed by atoms with Gasteiger partial charge >= 0.3 is 0 Å². The smallest absolute Gasteiger partial charge is 0.0555 e. The Balaban J connectivity index is 1.09. The number of rotatable bonds is 6. The van der Waals surface area contributed by atoms with Crippen molar-refractivity contribution in [3.05, 3.63) is 212 Å². The Hall–Kier alpha value is -7.04. The second-order valence-corrected chi connectivity index (χ2v) is 17.4. The lowest BCUT2D eigenvalue weighted by molar-refractivity contribution is 1.32. The van der Waals surface area contributed by atoms with Crippen LogP contribution in [0, 0.1) is 0 Å². The molecular formula is C56H35NS2. The lowest BCUT2D eigenvalue weighted by atomic mass is 9.97. The summed E-state index contributed by atoms with van der Waals surface area (Å²) >= 11 is 3.77. The average Bonchev–Trinajstić information content (AvgIpc) is 3.89. The molecule has 12 aromatic rings. The molecule has 0 aliphatic carbocycles. The fourth-order valence-electron chi connectivity index (χ4n) is 9.05. The second kappa shape index (κ2) is 13.8. The summed E-state index contributed by atoms with van der Waals surface area (Å²) in [6.07, 6.45) is 0. The molecule has 0 radical (unpaired) electrons. The van der Waals surface area contributed by atoms with Gasteiger partial charge in [0.2, 0.25) is 0 Å². The Morgan fingerprint density at radius 2 is 0.898 bits per heavy atom. The highest BCUT2D eigenvalue weighted by Gasteiger charge is 2.24. The van der Waals surface area contributed by atoms with Gasteiger partial charge in [0, 0.05) is 46.0 Å². The molecule has 10 aromatic carbocycles. The van der Waals surface area contributed by atoms with Crippen molar-refractivity contribution in [2.45, 2.75) is 0 Å². The minimum Gasteiger partial charge on any atom is -0.309 e. The molecule has 0 amide bonds. The zero-order chi connectivity index (χ0) is 38.9. The molecule has 0 spiro atoms. The van der Waals surface area contributed by atoms with Crippen LogP contribution in [0.15, 0.2) is 212 Å². The first-order valence-electron chi connectivity index (χ1n) is 20.1. The van der Waals surface area contributed by atoms with Crippen molar-refractivity contribution in [1.82, 2.24) is 0 Å². The fourth-order valence-corrected chi connectivity index (χ4v) is 11.5. The average molecular weight is 786 g/mol. The van der Waals surface area contributed by atoms with Crippen LogP contribution < -0.4 is 4.90 Å². The number of fused-ring (bicyclic) bond motifs is 9. The molecule has 0 unspecified atom stereocenters. The van der Waals surface area contributed by atoms with Crippen LogP contribution in [0.1, 0.15) is 0 Å². The molecule has 3 heteroatoms. The zero-order valence-electron chi connectivity index (χ0n) is 32.0. The minimum atomic E-state index is 1.12. The molecule has 0 bridgehead atoms. The van der Waals surface area contributed by atoms with Gasteiger partial charge in [-0.1, -0.05) is 164 Å². The highest BCUT2D eigenvalue weighted by molar-refractivity contribution is 7.26. The quantitative estimate of drug-likeness (QED) is 0.152. The van der Waals surface area contributed by atoms with Gasteiger partial charge in [0.15, 0.2) is 0 Å². The van der Waals surface area contributed by atoms with Crippen molar-refractivity contribution in [3.8, 4) is 33.4 Å². The van der Waals surface area contributed by atoms with Gasteiger partial charge in [0.1, 0.15) is 0 Å². The molecule has 12 rings (SSSR count). The maximum absolute atomic E-state index is 2.52. The van der Waals surface area contributed by atoms with Gasteiger partial charge in [-0.3, -0.25) is 0 Å². The first kappa shape index (κ1) is 34.0. The molecule has 0 N–H and O–H groups in total. The summed E-state index contributed by atoms with van der Waals surface area (Å²) in [7, 11) is 0. The van der Waals surface area contributed by atoms with Crippen LogP contribution in [0.4, 0.5) is 17.1 Å². The van der Waals surface area contributed by atoms with E-state index >= 15 is 0 Å². The van der Waals surface area contributed by atoms with E-state index in [4.69, 9.17) is 0 Å². The standard InChI is InChI=1S/C56H35NS2/c1-3-12-36(13-4-1)41-27-31-48-53(35-41)59-56-46(38-14-5-2-6-15-38)32-33-50(55(48)56)57(49-19-11-21-52-54(49)47-18-9-10-20-51(47)58-52)43-28-24-37(25-29-43)40-26-30-45-42(34-40)23-22-39-16-7-8-17-44(39)45/h1-35H. The van der Waals surface area contributed by atoms with E-state index in [9.17, 15) is 0 Å². The molecule has 276 valence electrons. The highest BCUT2D eigenvalue weighted by atomic mass is 32.1. The Kier molecular flexibility index (Phi) is 7.97. The monoisotopic (exact) mass is 785 g/mol. The van der Waals surface area contributed by atoms with Gasteiger partial charge in [-0.05, 0) is 103 Å². The number of nitrogens with zero attached hydrogens (tertiary/aromatic N) is 1. The van der Waals surface area contributed by atoms with Gasteiger partial charge in [0.05, 0.1) is 11.4 Å². The van der Waals surface area contributed by atoms with Crippen LogP contribution in [0.3, 0.4) is 0 Å². The van der Waals surface area contributed by atoms with Gasteiger partial charge in [-0.2, -0.15) is 0 Å². The van der Waals surface area contributed by atoms with Gasteiger partial charge in [-0.25, -0.2) is 0 Å². The maximum atomic E-state index is 2.52. The number of hydrogen-bond donors (Lipinski definition) is 0. The number of benzene rings is 10. The van der Waals surface area contributed by atoms with Crippen LogP contribution in [-0.4, -0.2) is 0 Å². The van der Waals surface area contributed by atoms with Crippen molar-refractivity contribution in [2.75, 3.05) is 4.90 Å². The van der Waals surface area contributed by atoms with Crippen LogP contribution in [0.25, 0.3) is 95.3 Å². The summed E-state index contributed by atoms with van der Waals surface area (Å²) in [6, 6.07) is 78.2. The van der Waals surface area contributed by atoms with E-state index in [2.05, 4.69) is 217 Å². The normalized spacial score (nSPS) is 11.7. The first-order valence-corrected chi connectivity index (χ1v) is 21.7. The predicted octanol–water partition coefficient (Wildman–Crippen LogP) is 17.2. The molecule has 0 saturated heterocycles. The molecular weight excluding hydrogens is 751 g/mol. The zero-order valence-corrected chi connectivity index (χ0v) is 33.6. The summed E-state index contributed by atoms with van der Waals surface area (Å²) in [5.41, 5.74) is 10.8. The summed E-state index contributed by atoms with van der Waals surface area (Å²) < 4.78 is 5.16. The molecule has 0 fully saturated rings. The van der Waals surface area contributed by atoms with Crippen molar-refractivity contribution in [2.24, 2.45) is 0 Å². The van der Waals surface area contributed by atoms with Crippen LogP contribution in [0.2, 0.25) is 0 Å². The number of thiophene rings is 2. The maximum Gasteiger partial charge on any atom is 0.0555 e. The van der Waals surface area contributed by atoms with Crippen molar-refractivity contribution in [1.29, 1.82) is 0 Å². The van der Waals surface area contributed by atoms with Gasteiger partial charge in [-0.15, -0.1) is 22.7 Å². The van der Waals surface area contributed by atoms with Crippen LogP contribution in [0.5, 0.6) is 0 Å². The third-order valence-corrected chi connectivity index (χ3v) is 14.2. The third kappa shape index (κ3) is 5.66. The molecule has 0 aliphatic heterocycles. The predicted molar refractivity (Wildman–Crippen MR) is 258 cm³/mol. The molecule has 2 heterocycles. The lowest BCUT2D eigenvalue weighted by Crippen LogP contribution is -2.11. The van der Waals surface area contributed by atoms with E-state index in [0.29, 0.717) is 0 Å². The molecule has 0 aliphatic rings. The molecule has 1 nitrogen and oxygen atoms in total. The van der Waals surface area contributed by atoms with E-state index < -0.39 is 0 Å². The number of anilines is 3. The Morgan fingerprint density at radius 1 is 0.305 bits per heavy atom. The second-order valence-electron chi connectivity index (χ2n) is 15.2. The molecule has 0 saturated carbocycles. The van der Waals surface area contributed by atoms with Gasteiger partial charge in [0.25, 0.3) is 0 Å². The summed E-state index contributed by atoms with van der Waals surface area (Å²) in [5, 5.41) is 10.2. The summed E-state index contributed by atoms with van der Waals surface area (Å²) in [6.45, 7) is 0. The van der Waals surface area contributed by atoms with E-state index in [1.165, 1.54) is 107 Å². The van der Waals surface area contributed by atoms with E-state index in [1.807, 2.05) is 22.7 Å². The van der Waals surface area contributed by atoms with Crippen molar-refractivity contribution >= 4 is 102 Å². The molecule has 59 heavy (non-hydrogen) atoms. The van der Waals surface area contributed by atoms with Crippen molar-refractivity contribution < 1.29 is 0 Å². The Bertz CT molecular complexity index is 3540. The van der Waals surface area contributed by atoms with Crippen LogP contribution in [-0.2, 0) is 0 Å². The lowest BCUT2D eigenvalue weighted by Gasteiger charge is -2.28. The minimum absolute atomic E-state index is 1.12. The SMILES string of the molecule is c1ccc(-c2ccc3c(c2)sc2c(-c4ccccc4)ccc(N(c4ccc(-c5ccc6c(ccc7ccccc76)c5)cc4)c4cccc5sc6ccccc6c45)c23)cc1. The van der Waals surface area contributed by atoms with E-state index in [-0.39, 0.29) is 0 Å². The Morgan fingerprint density at radius 3 is 1.73 bits per heavy atom. The fraction of sp³-hybridized carbons (Fsp3) is 0. The van der Waals surface area contributed by atoms with E-state index in [0.717, 1.165) is 5.69 Å².